The van der Waals surface area contributed by atoms with E-state index in [9.17, 15) is 4.79 Å². The predicted octanol–water partition coefficient (Wildman–Crippen LogP) is 3.65. The highest BCUT2D eigenvalue weighted by Gasteiger charge is 2.49. The van der Waals surface area contributed by atoms with E-state index in [1.807, 2.05) is 30.3 Å². The zero-order valence-corrected chi connectivity index (χ0v) is 15.9. The van der Waals surface area contributed by atoms with Crippen molar-refractivity contribution in [3.05, 3.63) is 42.6 Å². The van der Waals surface area contributed by atoms with Gasteiger partial charge in [-0.15, -0.1) is 6.58 Å². The van der Waals surface area contributed by atoms with Crippen molar-refractivity contribution in [2.45, 2.75) is 45.8 Å². The van der Waals surface area contributed by atoms with Crippen molar-refractivity contribution in [1.82, 2.24) is 0 Å². The number of carbonyl (C=O) groups is 1. The monoisotopic (exact) mass is 322 g/mol. The highest BCUT2D eigenvalue weighted by Crippen LogP contribution is 2.38. The average Bonchev–Trinajstić information content (AvgIpc) is 2.36. The van der Waals surface area contributed by atoms with Gasteiger partial charge in [0.15, 0.2) is 8.32 Å². The molecule has 0 aliphatic rings. The fourth-order valence-electron chi connectivity index (χ4n) is 1.76. The highest BCUT2D eigenvalue weighted by atomic mass is 28.4. The molecule has 3 nitrogen and oxygen atoms in total. The van der Waals surface area contributed by atoms with Crippen LogP contribution in [0.1, 0.15) is 27.7 Å². The SMILES string of the molecule is C=C[Si](OC(C)=O)(O[Si](C)(C)C(C)(C)C)c1ccccc1. The molecule has 0 fully saturated rings. The molecule has 21 heavy (non-hydrogen) atoms. The van der Waals surface area contributed by atoms with Gasteiger partial charge in [-0.25, -0.2) is 0 Å². The predicted molar refractivity (Wildman–Crippen MR) is 92.1 cm³/mol. The quantitative estimate of drug-likeness (QED) is 0.776. The van der Waals surface area contributed by atoms with Crippen molar-refractivity contribution in [3.63, 3.8) is 0 Å². The van der Waals surface area contributed by atoms with Gasteiger partial charge >= 0.3 is 8.56 Å². The lowest BCUT2D eigenvalue weighted by Gasteiger charge is -2.42. The molecule has 1 atom stereocenters. The smallest absolute Gasteiger partial charge is 0.452 e. The molecule has 0 heterocycles. The maximum Gasteiger partial charge on any atom is 0.452 e. The van der Waals surface area contributed by atoms with Crippen molar-refractivity contribution >= 4 is 28.0 Å². The number of carbonyl (C=O) groups excluding carboxylic acids is 1. The van der Waals surface area contributed by atoms with Crippen LogP contribution in [0, 0.1) is 0 Å². The van der Waals surface area contributed by atoms with Crippen LogP contribution < -0.4 is 5.19 Å². The first kappa shape index (κ1) is 17.9. The van der Waals surface area contributed by atoms with E-state index in [1.165, 1.54) is 6.92 Å². The third-order valence-corrected chi connectivity index (χ3v) is 13.1. The molecule has 0 N–H and O–H groups in total. The summed E-state index contributed by atoms with van der Waals surface area (Å²) in [5.41, 5.74) is 1.71. The van der Waals surface area contributed by atoms with Gasteiger partial charge in [0.2, 0.25) is 0 Å². The molecular weight excluding hydrogens is 296 g/mol. The summed E-state index contributed by atoms with van der Waals surface area (Å²) in [6.45, 7) is 16.1. The van der Waals surface area contributed by atoms with Gasteiger partial charge in [-0.1, -0.05) is 51.1 Å². The molecule has 0 radical (unpaired) electrons. The van der Waals surface area contributed by atoms with Gasteiger partial charge in [0.1, 0.15) is 0 Å². The maximum atomic E-state index is 11.6. The summed E-state index contributed by atoms with van der Waals surface area (Å²) in [4.78, 5) is 11.6. The van der Waals surface area contributed by atoms with Gasteiger partial charge < -0.3 is 8.54 Å². The Bertz CT molecular complexity index is 506. The van der Waals surface area contributed by atoms with Crippen LogP contribution >= 0.6 is 0 Å². The molecule has 116 valence electrons. The van der Waals surface area contributed by atoms with Crippen LogP contribution in [-0.4, -0.2) is 22.8 Å². The second-order valence-corrected chi connectivity index (χ2v) is 14.6. The Morgan fingerprint density at radius 2 is 1.71 bits per heavy atom. The van der Waals surface area contributed by atoms with Crippen LogP contribution in [0.2, 0.25) is 18.1 Å². The van der Waals surface area contributed by atoms with Crippen LogP contribution in [0.3, 0.4) is 0 Å². The lowest BCUT2D eigenvalue weighted by Crippen LogP contribution is -2.61. The minimum atomic E-state index is -2.98. The summed E-state index contributed by atoms with van der Waals surface area (Å²) in [5, 5.41) is 0.948. The van der Waals surface area contributed by atoms with Crippen LogP contribution in [0.25, 0.3) is 0 Å². The zero-order valence-electron chi connectivity index (χ0n) is 13.9. The van der Waals surface area contributed by atoms with Gasteiger partial charge in [0.25, 0.3) is 5.97 Å². The molecule has 0 aliphatic carbocycles. The highest BCUT2D eigenvalue weighted by molar-refractivity contribution is 6.94. The summed E-state index contributed by atoms with van der Waals surface area (Å²) >= 11 is 0. The first-order chi connectivity index (χ1) is 9.54. The molecule has 1 aromatic carbocycles. The standard InChI is InChI=1S/C16H26O3Si2/c1-8-21(18-14(2)17,15-12-10-9-11-13-15)19-20(6,7)16(3,4)5/h8-13H,1H2,2-7H3. The Morgan fingerprint density at radius 1 is 1.19 bits per heavy atom. The average molecular weight is 323 g/mol. The number of hydrogen-bond donors (Lipinski definition) is 0. The van der Waals surface area contributed by atoms with Crippen molar-refractivity contribution in [2.75, 3.05) is 0 Å². The third-order valence-electron chi connectivity index (χ3n) is 3.95. The van der Waals surface area contributed by atoms with E-state index in [0.29, 0.717) is 0 Å². The molecule has 0 spiro atoms. The third kappa shape index (κ3) is 4.15. The Labute approximate surface area is 130 Å². The molecule has 1 rings (SSSR count). The second-order valence-electron chi connectivity index (χ2n) is 6.69. The first-order valence-corrected chi connectivity index (χ1v) is 11.9. The molecular formula is C16H26O3Si2. The van der Waals surface area contributed by atoms with E-state index >= 15 is 0 Å². The minimum Gasteiger partial charge on any atom is -0.488 e. The van der Waals surface area contributed by atoms with Crippen LogP contribution in [0.15, 0.2) is 42.6 Å². The summed E-state index contributed by atoms with van der Waals surface area (Å²) < 4.78 is 12.3. The Hall–Kier alpha value is -1.18. The maximum absolute atomic E-state index is 11.6. The van der Waals surface area contributed by atoms with Gasteiger partial charge in [0.05, 0.1) is 0 Å². The Balaban J connectivity index is 3.32. The van der Waals surface area contributed by atoms with Crippen LogP contribution in [0.4, 0.5) is 0 Å². The lowest BCUT2D eigenvalue weighted by atomic mass is 10.2. The van der Waals surface area contributed by atoms with E-state index in [4.69, 9.17) is 8.54 Å². The summed E-state index contributed by atoms with van der Waals surface area (Å²) in [5.74, 6) is -0.330. The van der Waals surface area contributed by atoms with Crippen molar-refractivity contribution in [3.8, 4) is 0 Å². The number of rotatable bonds is 5. The molecule has 5 heteroatoms. The molecule has 0 aliphatic heterocycles. The molecule has 1 aromatic rings. The fourth-order valence-corrected chi connectivity index (χ4v) is 8.51. The van der Waals surface area contributed by atoms with Crippen LogP contribution in [0.5, 0.6) is 0 Å². The molecule has 0 saturated carbocycles. The molecule has 1 unspecified atom stereocenters. The van der Waals surface area contributed by atoms with Gasteiger partial charge in [-0.05, 0) is 23.8 Å². The van der Waals surface area contributed by atoms with Crippen molar-refractivity contribution < 1.29 is 13.3 Å². The van der Waals surface area contributed by atoms with E-state index in [-0.39, 0.29) is 11.0 Å². The lowest BCUT2D eigenvalue weighted by molar-refractivity contribution is -0.133. The minimum absolute atomic E-state index is 0.0309. The number of benzene rings is 1. The summed E-state index contributed by atoms with van der Waals surface area (Å²) in [6.07, 6.45) is 0. The van der Waals surface area contributed by atoms with E-state index < -0.39 is 16.9 Å². The van der Waals surface area contributed by atoms with Crippen LogP contribution in [-0.2, 0) is 13.3 Å². The van der Waals surface area contributed by atoms with Gasteiger partial charge in [-0.2, -0.15) is 0 Å². The van der Waals surface area contributed by atoms with Gasteiger partial charge in [0, 0.05) is 12.1 Å². The van der Waals surface area contributed by atoms with E-state index in [1.54, 1.807) is 5.70 Å². The van der Waals surface area contributed by atoms with Crippen molar-refractivity contribution in [1.29, 1.82) is 0 Å². The molecule has 0 bridgehead atoms. The normalized spacial score (nSPS) is 15.1. The zero-order chi connectivity index (χ0) is 16.3. The summed E-state index contributed by atoms with van der Waals surface area (Å²) in [6, 6.07) is 9.69. The molecule has 0 amide bonds. The summed E-state index contributed by atoms with van der Waals surface area (Å²) in [7, 11) is -5.08. The van der Waals surface area contributed by atoms with E-state index in [2.05, 4.69) is 40.4 Å². The van der Waals surface area contributed by atoms with Crippen molar-refractivity contribution in [2.24, 2.45) is 0 Å². The topological polar surface area (TPSA) is 35.5 Å². The molecule has 0 saturated heterocycles. The van der Waals surface area contributed by atoms with E-state index in [0.717, 1.165) is 5.19 Å². The van der Waals surface area contributed by atoms with Gasteiger partial charge in [-0.3, -0.25) is 4.79 Å². The Kier molecular flexibility index (Phi) is 5.36. The molecule has 0 aromatic heterocycles. The first-order valence-electron chi connectivity index (χ1n) is 7.13. The fraction of sp³-hybridized carbons (Fsp3) is 0.438. The Morgan fingerprint density at radius 3 is 2.10 bits per heavy atom. The largest absolute Gasteiger partial charge is 0.488 e. The second kappa shape index (κ2) is 6.29. The number of hydrogen-bond acceptors (Lipinski definition) is 3.